The maximum atomic E-state index is 11.3. The molecule has 3 heteroatoms. The third kappa shape index (κ3) is 19.2. The number of methoxy groups -OCH3 is 1. The van der Waals surface area contributed by atoms with Gasteiger partial charge in [-0.15, -0.1) is 0 Å². The topological polar surface area (TPSA) is 26.3 Å². The second-order valence-electron chi connectivity index (χ2n) is 17.5. The molecular formula is C44H85O2Y-. The summed E-state index contributed by atoms with van der Waals surface area (Å²) in [4.78, 5) is 11.3. The van der Waals surface area contributed by atoms with Crippen LogP contribution in [0.5, 0.6) is 0 Å². The minimum Gasteiger partial charge on any atom is -0.381 e. The molecule has 5 aliphatic carbocycles. The Balaban J connectivity index is 0.000000593. The first-order chi connectivity index (χ1) is 21.3. The van der Waals surface area contributed by atoms with Crippen LogP contribution in [0.3, 0.4) is 0 Å². The molecule has 0 aromatic heterocycles. The number of ketones is 1. The summed E-state index contributed by atoms with van der Waals surface area (Å²) in [5.74, 6) is 13.3. The Kier molecular flexibility index (Phi) is 24.4. The number of ether oxygens (including phenoxy) is 1. The first-order valence-corrected chi connectivity index (χ1v) is 20.2. The predicted octanol–water partition coefficient (Wildman–Crippen LogP) is 13.4. The van der Waals surface area contributed by atoms with Gasteiger partial charge in [0.1, 0.15) is 5.78 Å². The molecule has 47 heavy (non-hydrogen) atoms. The zero-order valence-corrected chi connectivity index (χ0v) is 36.2. The Morgan fingerprint density at radius 3 is 1.55 bits per heavy atom. The molecule has 12 atom stereocenters. The van der Waals surface area contributed by atoms with Gasteiger partial charge in [-0.2, -0.15) is 12.3 Å². The van der Waals surface area contributed by atoms with E-state index in [0.29, 0.717) is 17.8 Å². The zero-order chi connectivity index (χ0) is 33.8. The third-order valence-electron chi connectivity index (χ3n) is 12.6. The fraction of sp³-hybridized carbons (Fsp3) is 0.955. The van der Waals surface area contributed by atoms with Gasteiger partial charge in [-0.1, -0.05) is 122 Å². The van der Waals surface area contributed by atoms with Crippen molar-refractivity contribution in [2.45, 2.75) is 180 Å². The van der Waals surface area contributed by atoms with E-state index in [-0.39, 0.29) is 46.1 Å². The fourth-order valence-electron chi connectivity index (χ4n) is 7.91. The van der Waals surface area contributed by atoms with Crippen LogP contribution >= 0.6 is 0 Å². The van der Waals surface area contributed by atoms with Gasteiger partial charge in [-0.25, -0.2) is 0 Å². The van der Waals surface area contributed by atoms with Gasteiger partial charge in [0.25, 0.3) is 0 Å². The zero-order valence-electron chi connectivity index (χ0n) is 33.3. The Labute approximate surface area is 322 Å². The van der Waals surface area contributed by atoms with Crippen LogP contribution in [-0.4, -0.2) is 19.0 Å². The van der Waals surface area contributed by atoms with E-state index < -0.39 is 0 Å². The molecule has 0 saturated heterocycles. The smallest absolute Gasteiger partial charge is 0.135 e. The molecular weight excluding hydrogens is 649 g/mol. The van der Waals surface area contributed by atoms with E-state index in [1.54, 1.807) is 12.8 Å². The van der Waals surface area contributed by atoms with E-state index in [2.05, 4.69) is 75.7 Å². The summed E-state index contributed by atoms with van der Waals surface area (Å²) in [7, 11) is 1.84. The summed E-state index contributed by atoms with van der Waals surface area (Å²) < 4.78 is 5.46. The van der Waals surface area contributed by atoms with Gasteiger partial charge >= 0.3 is 0 Å². The van der Waals surface area contributed by atoms with Gasteiger partial charge in [0.05, 0.1) is 6.10 Å². The summed E-state index contributed by atoms with van der Waals surface area (Å²) in [6, 6.07) is 0. The van der Waals surface area contributed by atoms with Crippen molar-refractivity contribution in [1.82, 2.24) is 0 Å². The molecule has 5 aliphatic rings. The molecule has 0 aliphatic heterocycles. The van der Waals surface area contributed by atoms with E-state index in [1.807, 2.05) is 21.0 Å². The molecule has 0 bridgehead atoms. The van der Waals surface area contributed by atoms with Crippen molar-refractivity contribution in [2.24, 2.45) is 82.9 Å². The fourth-order valence-corrected chi connectivity index (χ4v) is 7.91. The minimum atomic E-state index is 0. The molecule has 277 valence electrons. The molecule has 0 heterocycles. The Bertz CT molecular complexity index is 807. The molecule has 5 rings (SSSR count). The Hall–Kier alpha value is 0.734. The van der Waals surface area contributed by atoms with Crippen LogP contribution in [0.1, 0.15) is 174 Å². The van der Waals surface area contributed by atoms with E-state index in [1.165, 1.54) is 64.2 Å². The van der Waals surface area contributed by atoms with Crippen LogP contribution in [0.4, 0.5) is 0 Å². The Morgan fingerprint density at radius 2 is 1.19 bits per heavy atom. The average molecular weight is 735 g/mol. The summed E-state index contributed by atoms with van der Waals surface area (Å²) in [6.07, 6.45) is 20.8. The monoisotopic (exact) mass is 735 g/mol. The molecule has 12 unspecified atom stereocenters. The van der Waals surface area contributed by atoms with Crippen molar-refractivity contribution >= 4 is 5.78 Å². The number of hydrogen-bond donors (Lipinski definition) is 0. The number of rotatable bonds is 17. The number of Topliss-reactive ketones (excluding diaryl/α,β-unsaturated/α-hetero) is 1. The molecule has 0 spiro atoms. The number of carbonyl (C=O) groups excluding carboxylic acids is 1. The van der Waals surface area contributed by atoms with Crippen LogP contribution in [0.2, 0.25) is 0 Å². The largest absolute Gasteiger partial charge is 0.381 e. The average Bonchev–Trinajstić information content (AvgIpc) is 3.81. The molecule has 5 fully saturated rings. The number of hydrogen-bond acceptors (Lipinski definition) is 2. The van der Waals surface area contributed by atoms with Crippen molar-refractivity contribution in [3.05, 3.63) is 6.42 Å². The van der Waals surface area contributed by atoms with Crippen LogP contribution in [0.15, 0.2) is 0 Å². The molecule has 0 N–H and O–H groups in total. The van der Waals surface area contributed by atoms with E-state index in [9.17, 15) is 4.79 Å². The first-order valence-electron chi connectivity index (χ1n) is 20.2. The maximum absolute atomic E-state index is 11.3. The van der Waals surface area contributed by atoms with E-state index in [4.69, 9.17) is 4.74 Å². The Morgan fingerprint density at radius 1 is 0.702 bits per heavy atom. The summed E-state index contributed by atoms with van der Waals surface area (Å²) in [5.41, 5.74) is 0. The number of carbonyl (C=O) groups is 1. The quantitative estimate of drug-likeness (QED) is 0.139. The van der Waals surface area contributed by atoms with Crippen LogP contribution in [-0.2, 0) is 42.2 Å². The van der Waals surface area contributed by atoms with Crippen molar-refractivity contribution in [2.75, 3.05) is 7.11 Å². The second kappa shape index (κ2) is 24.1. The molecule has 0 amide bonds. The molecule has 2 nitrogen and oxygen atoms in total. The standard InChI is InChI=1S/C12H23.C11H22O.C10H18O.C10H18.CH4.Y/c1-5-11-8-12(11)10(4)7-6-9(2)3;1-5-9-6-10(9)7-11(12-4)8(2)3;1-4-8-5-9(8)6-10(11)7(2)3;1-3-8-5-10(8)6-9-4-7(9)2;;/h6,9-12H,5,7-8H2,1-4H3;8-11H,5-7H2,1-4H3;7-9H,4-6H2,1-3H3;7-10H,3-6H2,1-2H3;1H4;/q-1;;;;;. The SMILES string of the molecule is C.CCC1CC1C(C)C[CH-]C(C)C.CCC1CC1CC(=O)C(C)C.CCC1CC1CC(OC)C(C)C.CCC1CC1CC1CC1C.[Y]. The van der Waals surface area contributed by atoms with E-state index in [0.717, 1.165) is 77.4 Å². The van der Waals surface area contributed by atoms with E-state index >= 15 is 0 Å². The maximum Gasteiger partial charge on any atom is 0.135 e. The van der Waals surface area contributed by atoms with Crippen LogP contribution < -0.4 is 0 Å². The molecule has 5 saturated carbocycles. The molecule has 0 aromatic rings. The molecule has 0 aromatic carbocycles. The molecule has 1 radical (unpaired) electrons. The van der Waals surface area contributed by atoms with Gasteiger partial charge in [-0.05, 0) is 110 Å². The van der Waals surface area contributed by atoms with Crippen LogP contribution in [0.25, 0.3) is 0 Å². The van der Waals surface area contributed by atoms with Crippen molar-refractivity contribution in [1.29, 1.82) is 0 Å². The third-order valence-corrected chi connectivity index (χ3v) is 12.6. The predicted molar refractivity (Wildman–Crippen MR) is 204 cm³/mol. The second-order valence-corrected chi connectivity index (χ2v) is 17.5. The van der Waals surface area contributed by atoms with Crippen molar-refractivity contribution in [3.63, 3.8) is 0 Å². The van der Waals surface area contributed by atoms with Crippen molar-refractivity contribution < 1.29 is 42.2 Å². The first kappa shape index (κ1) is 47.7. The minimum absolute atomic E-state index is 0. The normalized spacial score (nSPS) is 33.4. The van der Waals surface area contributed by atoms with Gasteiger partial charge in [0.2, 0.25) is 0 Å². The summed E-state index contributed by atoms with van der Waals surface area (Å²) >= 11 is 0. The van der Waals surface area contributed by atoms with Gasteiger partial charge in [0.15, 0.2) is 0 Å². The summed E-state index contributed by atoms with van der Waals surface area (Å²) in [6.45, 7) is 27.0. The van der Waals surface area contributed by atoms with Gasteiger partial charge in [0, 0.05) is 52.2 Å². The summed E-state index contributed by atoms with van der Waals surface area (Å²) in [5, 5.41) is 0. The van der Waals surface area contributed by atoms with Gasteiger partial charge in [-0.3, -0.25) is 4.79 Å². The van der Waals surface area contributed by atoms with Crippen molar-refractivity contribution in [3.8, 4) is 0 Å². The van der Waals surface area contributed by atoms with Crippen LogP contribution in [0, 0.1) is 89.3 Å². The van der Waals surface area contributed by atoms with Gasteiger partial charge < -0.3 is 11.2 Å².